The van der Waals surface area contributed by atoms with Crippen molar-refractivity contribution in [3.05, 3.63) is 58.1 Å². The summed E-state index contributed by atoms with van der Waals surface area (Å²) < 4.78 is 32.5. The molecule has 4 rings (SSSR count). The topological polar surface area (TPSA) is 92.2 Å². The molecular formula is C16H14N2O4S. The third-order valence-electron chi connectivity index (χ3n) is 4.05. The fourth-order valence-electron chi connectivity index (χ4n) is 2.94. The van der Waals surface area contributed by atoms with Gasteiger partial charge in [-0.1, -0.05) is 6.07 Å². The Labute approximate surface area is 132 Å². The lowest BCUT2D eigenvalue weighted by Crippen LogP contribution is -2.13. The highest BCUT2D eigenvalue weighted by Crippen LogP contribution is 2.26. The van der Waals surface area contributed by atoms with E-state index in [9.17, 15) is 13.2 Å². The second-order valence-electron chi connectivity index (χ2n) is 5.62. The van der Waals surface area contributed by atoms with Gasteiger partial charge in [0, 0.05) is 11.8 Å². The minimum atomic E-state index is -3.74. The summed E-state index contributed by atoms with van der Waals surface area (Å²) in [4.78, 5) is 13.7. The summed E-state index contributed by atoms with van der Waals surface area (Å²) in [6.45, 7) is 0. The maximum absolute atomic E-state index is 12.5. The number of aromatic nitrogens is 1. The van der Waals surface area contributed by atoms with Crippen LogP contribution in [0.3, 0.4) is 0 Å². The Balaban J connectivity index is 1.69. The minimum absolute atomic E-state index is 0.0493. The highest BCUT2D eigenvalue weighted by atomic mass is 32.2. The molecule has 0 spiro atoms. The van der Waals surface area contributed by atoms with Gasteiger partial charge in [-0.15, -0.1) is 0 Å². The number of aryl methyl sites for hydroxylation is 2. The van der Waals surface area contributed by atoms with Gasteiger partial charge in [0.05, 0.1) is 10.4 Å². The molecule has 118 valence electrons. The molecule has 2 aromatic carbocycles. The first kappa shape index (κ1) is 14.1. The van der Waals surface area contributed by atoms with E-state index in [1.54, 1.807) is 6.07 Å². The first-order valence-electron chi connectivity index (χ1n) is 7.29. The number of nitrogens with one attached hydrogen (secondary N) is 2. The van der Waals surface area contributed by atoms with Crippen molar-refractivity contribution in [2.24, 2.45) is 0 Å². The molecule has 23 heavy (non-hydrogen) atoms. The second-order valence-corrected chi connectivity index (χ2v) is 7.30. The van der Waals surface area contributed by atoms with Crippen LogP contribution in [0, 0.1) is 0 Å². The molecule has 0 saturated heterocycles. The van der Waals surface area contributed by atoms with Crippen LogP contribution in [-0.2, 0) is 22.9 Å². The van der Waals surface area contributed by atoms with Gasteiger partial charge in [-0.25, -0.2) is 13.2 Å². The quantitative estimate of drug-likeness (QED) is 0.771. The number of hydrogen-bond donors (Lipinski definition) is 2. The van der Waals surface area contributed by atoms with Crippen molar-refractivity contribution in [1.82, 2.24) is 4.98 Å². The molecule has 3 aromatic rings. The molecule has 1 heterocycles. The molecule has 0 amide bonds. The summed E-state index contributed by atoms with van der Waals surface area (Å²) in [5.41, 5.74) is 3.69. The highest BCUT2D eigenvalue weighted by molar-refractivity contribution is 7.92. The van der Waals surface area contributed by atoms with Crippen LogP contribution < -0.4 is 10.5 Å². The first-order valence-corrected chi connectivity index (χ1v) is 8.77. The molecule has 0 fully saturated rings. The lowest BCUT2D eigenvalue weighted by molar-refractivity contribution is 0.554. The Morgan fingerprint density at radius 1 is 1.04 bits per heavy atom. The third kappa shape index (κ3) is 2.53. The molecule has 0 saturated carbocycles. The lowest BCUT2D eigenvalue weighted by Gasteiger charge is -2.09. The van der Waals surface area contributed by atoms with E-state index in [-0.39, 0.29) is 10.5 Å². The summed E-state index contributed by atoms with van der Waals surface area (Å²) >= 11 is 0. The predicted molar refractivity (Wildman–Crippen MR) is 86.1 cm³/mol. The summed E-state index contributed by atoms with van der Waals surface area (Å²) in [5, 5.41) is 0. The van der Waals surface area contributed by atoms with E-state index in [4.69, 9.17) is 4.42 Å². The van der Waals surface area contributed by atoms with Crippen LogP contribution >= 0.6 is 0 Å². The molecule has 0 unspecified atom stereocenters. The van der Waals surface area contributed by atoms with E-state index < -0.39 is 15.8 Å². The van der Waals surface area contributed by atoms with Crippen LogP contribution in [-0.4, -0.2) is 13.4 Å². The number of benzene rings is 2. The van der Waals surface area contributed by atoms with Gasteiger partial charge in [-0.05, 0) is 54.7 Å². The summed E-state index contributed by atoms with van der Waals surface area (Å²) in [6, 6.07) is 9.91. The normalized spacial score (nSPS) is 14.1. The van der Waals surface area contributed by atoms with Gasteiger partial charge in [0.2, 0.25) is 0 Å². The summed E-state index contributed by atoms with van der Waals surface area (Å²) in [6.07, 6.45) is 3.13. The molecule has 1 aromatic heterocycles. The summed E-state index contributed by atoms with van der Waals surface area (Å²) in [7, 11) is -3.74. The maximum Gasteiger partial charge on any atom is 0.417 e. The van der Waals surface area contributed by atoms with Crippen LogP contribution in [0.25, 0.3) is 11.1 Å². The Morgan fingerprint density at radius 3 is 2.74 bits per heavy atom. The Hall–Kier alpha value is -2.54. The van der Waals surface area contributed by atoms with E-state index in [2.05, 4.69) is 9.71 Å². The van der Waals surface area contributed by atoms with E-state index in [0.29, 0.717) is 11.2 Å². The molecule has 0 aliphatic heterocycles. The summed E-state index contributed by atoms with van der Waals surface area (Å²) in [5.74, 6) is -0.610. The number of fused-ring (bicyclic) bond motifs is 2. The number of rotatable bonds is 3. The van der Waals surface area contributed by atoms with E-state index >= 15 is 0 Å². The van der Waals surface area contributed by atoms with Gasteiger partial charge in [0.25, 0.3) is 10.0 Å². The number of hydrogen-bond acceptors (Lipinski definition) is 4. The fourth-order valence-corrected chi connectivity index (χ4v) is 4.01. The van der Waals surface area contributed by atoms with E-state index in [0.717, 1.165) is 19.3 Å². The van der Waals surface area contributed by atoms with Crippen molar-refractivity contribution in [3.8, 4) is 0 Å². The van der Waals surface area contributed by atoms with Crippen molar-refractivity contribution in [2.75, 3.05) is 4.72 Å². The van der Waals surface area contributed by atoms with Crippen molar-refractivity contribution in [1.29, 1.82) is 0 Å². The van der Waals surface area contributed by atoms with Crippen LogP contribution in [0.15, 0.2) is 50.5 Å². The molecule has 1 aliphatic rings. The van der Waals surface area contributed by atoms with Gasteiger partial charge < -0.3 is 4.42 Å². The van der Waals surface area contributed by atoms with Gasteiger partial charge in [-0.2, -0.15) is 0 Å². The van der Waals surface area contributed by atoms with Crippen molar-refractivity contribution < 1.29 is 12.8 Å². The highest BCUT2D eigenvalue weighted by Gasteiger charge is 2.18. The first-order chi connectivity index (χ1) is 11.0. The average molecular weight is 330 g/mol. The molecule has 6 nitrogen and oxygen atoms in total. The Morgan fingerprint density at radius 2 is 1.87 bits per heavy atom. The van der Waals surface area contributed by atoms with Crippen molar-refractivity contribution >= 4 is 26.8 Å². The van der Waals surface area contributed by atoms with Gasteiger partial charge in [0.15, 0.2) is 5.58 Å². The van der Waals surface area contributed by atoms with Crippen LogP contribution in [0.1, 0.15) is 17.5 Å². The zero-order chi connectivity index (χ0) is 16.0. The smallest absolute Gasteiger partial charge is 0.408 e. The molecular weight excluding hydrogens is 316 g/mol. The third-order valence-corrected chi connectivity index (χ3v) is 5.43. The van der Waals surface area contributed by atoms with Crippen LogP contribution in [0.5, 0.6) is 0 Å². The van der Waals surface area contributed by atoms with Crippen molar-refractivity contribution in [3.63, 3.8) is 0 Å². The molecule has 1 aliphatic carbocycles. The zero-order valence-corrected chi connectivity index (χ0v) is 12.9. The SMILES string of the molecule is O=c1[nH]c2ccc(S(=O)(=O)Nc3ccc4c(c3)CCC4)cc2o1. The standard InChI is InChI=1S/C16H14N2O4S/c19-16-17-14-7-6-13(9-15(14)22-16)23(20,21)18-12-5-4-10-2-1-3-11(10)8-12/h4-9,18H,1-3H2,(H,17,19). The predicted octanol–water partition coefficient (Wildman–Crippen LogP) is 2.41. The molecule has 0 bridgehead atoms. The van der Waals surface area contributed by atoms with Crippen LogP contribution in [0.4, 0.5) is 5.69 Å². The van der Waals surface area contributed by atoms with Gasteiger partial charge in [0.1, 0.15) is 0 Å². The largest absolute Gasteiger partial charge is 0.417 e. The Kier molecular flexibility index (Phi) is 3.05. The minimum Gasteiger partial charge on any atom is -0.408 e. The number of oxazole rings is 1. The monoisotopic (exact) mass is 330 g/mol. The molecule has 2 N–H and O–H groups in total. The molecule has 7 heteroatoms. The van der Waals surface area contributed by atoms with Crippen molar-refractivity contribution in [2.45, 2.75) is 24.2 Å². The van der Waals surface area contributed by atoms with E-state index in [1.807, 2.05) is 12.1 Å². The zero-order valence-electron chi connectivity index (χ0n) is 12.1. The van der Waals surface area contributed by atoms with Gasteiger partial charge in [-0.3, -0.25) is 9.71 Å². The maximum atomic E-state index is 12.5. The lowest BCUT2D eigenvalue weighted by atomic mass is 10.1. The number of aromatic amines is 1. The van der Waals surface area contributed by atoms with Gasteiger partial charge >= 0.3 is 5.76 Å². The number of H-pyrrole nitrogens is 1. The Bertz CT molecular complexity index is 1060. The van der Waals surface area contributed by atoms with E-state index in [1.165, 1.54) is 29.3 Å². The second kappa shape index (κ2) is 4.99. The number of sulfonamides is 1. The fraction of sp³-hybridized carbons (Fsp3) is 0.188. The molecule has 0 atom stereocenters. The average Bonchev–Trinajstić information content (AvgIpc) is 3.10. The van der Waals surface area contributed by atoms with Crippen LogP contribution in [0.2, 0.25) is 0 Å². The molecule has 0 radical (unpaired) electrons. The number of anilines is 1.